The van der Waals surface area contributed by atoms with Crippen LogP contribution >= 0.6 is 12.0 Å². The number of aromatic nitrogens is 1. The van der Waals surface area contributed by atoms with E-state index in [9.17, 15) is 28.1 Å². The van der Waals surface area contributed by atoms with E-state index in [1.807, 2.05) is 0 Å². The first-order chi connectivity index (χ1) is 13.3. The fraction of sp³-hybridized carbons (Fsp3) is 0. The topological polar surface area (TPSA) is 164 Å². The standard InChI is InChI=1S/C16H10N2O8S2.2Na/c19-15-9-5-7(27-26-25-21)1-3-11(9)17-13(15)14-16(20)10-6-8(28(22,23)24)2-4-12(10)18-14;;/h1-6,18,20-21H,(H,22,23,24);;/q;2*+1/p-2. The molecule has 0 amide bonds. The number of hydrogen-bond acceptors (Lipinski definition) is 10. The van der Waals surface area contributed by atoms with E-state index in [2.05, 4.69) is 19.3 Å². The van der Waals surface area contributed by atoms with Crippen molar-refractivity contribution < 1.29 is 96.6 Å². The van der Waals surface area contributed by atoms with Gasteiger partial charge in [0.15, 0.2) is 5.75 Å². The smallest absolute Gasteiger partial charge is 0.744 e. The third kappa shape index (κ3) is 4.70. The summed E-state index contributed by atoms with van der Waals surface area (Å²) in [4.78, 5) is 19.7. The van der Waals surface area contributed by atoms with Crippen LogP contribution in [-0.4, -0.2) is 34.6 Å². The van der Waals surface area contributed by atoms with E-state index in [1.165, 1.54) is 18.2 Å². The number of ketones is 1. The average molecular weight is 466 g/mol. The van der Waals surface area contributed by atoms with Gasteiger partial charge in [0.25, 0.3) is 0 Å². The van der Waals surface area contributed by atoms with Crippen LogP contribution in [0.5, 0.6) is 5.75 Å². The Hall–Kier alpha value is -0.740. The van der Waals surface area contributed by atoms with Crippen molar-refractivity contribution in [3.63, 3.8) is 0 Å². The SMILES string of the molecule is O=C1C(c2[nH]c3ccc(S(=O)(=O)[O-])cc3c2O)=Nc2ccc(SOO[O-])cc21.[Na+].[Na+]. The molecular formula is C16H8N2Na2O8S2. The third-order valence-corrected chi connectivity index (χ3v) is 5.49. The van der Waals surface area contributed by atoms with Crippen LogP contribution in [0.4, 0.5) is 5.69 Å². The monoisotopic (exact) mass is 466 g/mol. The van der Waals surface area contributed by atoms with E-state index in [0.717, 1.165) is 12.1 Å². The second-order valence-electron chi connectivity index (χ2n) is 5.70. The fourth-order valence-electron chi connectivity index (χ4n) is 2.85. The van der Waals surface area contributed by atoms with Gasteiger partial charge in [-0.3, -0.25) is 9.83 Å². The first kappa shape index (κ1) is 25.5. The molecule has 10 nitrogen and oxygen atoms in total. The largest absolute Gasteiger partial charge is 1.00 e. The molecule has 4 rings (SSSR count). The summed E-state index contributed by atoms with van der Waals surface area (Å²) in [6, 6.07) is 7.95. The Morgan fingerprint density at radius 1 is 1.13 bits per heavy atom. The van der Waals surface area contributed by atoms with Crippen molar-refractivity contribution >= 4 is 50.2 Å². The van der Waals surface area contributed by atoms with Crippen LogP contribution in [0.1, 0.15) is 16.1 Å². The van der Waals surface area contributed by atoms with Gasteiger partial charge >= 0.3 is 59.1 Å². The molecule has 3 aromatic rings. The van der Waals surface area contributed by atoms with E-state index in [4.69, 9.17) is 0 Å². The number of H-pyrrole nitrogens is 1. The molecule has 0 saturated heterocycles. The summed E-state index contributed by atoms with van der Waals surface area (Å²) >= 11 is 0.615. The Morgan fingerprint density at radius 2 is 1.87 bits per heavy atom. The van der Waals surface area contributed by atoms with Crippen molar-refractivity contribution in [1.29, 1.82) is 0 Å². The molecule has 0 fully saturated rings. The molecule has 2 N–H and O–H groups in total. The van der Waals surface area contributed by atoms with Gasteiger partial charge < -0.3 is 19.9 Å². The number of aromatic hydroxyl groups is 1. The van der Waals surface area contributed by atoms with Gasteiger partial charge in [-0.05, 0) is 36.4 Å². The number of fused-ring (bicyclic) bond motifs is 2. The zero-order chi connectivity index (χ0) is 20.1. The van der Waals surface area contributed by atoms with Gasteiger partial charge in [-0.25, -0.2) is 13.4 Å². The molecule has 1 aliphatic heterocycles. The van der Waals surface area contributed by atoms with E-state index in [1.54, 1.807) is 6.07 Å². The second kappa shape index (κ2) is 9.81. The van der Waals surface area contributed by atoms with Crippen LogP contribution in [0.2, 0.25) is 0 Å². The molecule has 1 aromatic heterocycles. The van der Waals surface area contributed by atoms with Gasteiger partial charge in [0.2, 0.25) is 5.78 Å². The van der Waals surface area contributed by atoms with E-state index in [0.29, 0.717) is 28.1 Å². The van der Waals surface area contributed by atoms with E-state index < -0.39 is 26.5 Å². The van der Waals surface area contributed by atoms with Crippen LogP contribution in [-0.2, 0) is 19.5 Å². The molecule has 2 heterocycles. The van der Waals surface area contributed by atoms with Gasteiger partial charge in [-0.1, -0.05) is 0 Å². The second-order valence-corrected chi connectivity index (χ2v) is 7.85. The van der Waals surface area contributed by atoms with E-state index in [-0.39, 0.29) is 81.5 Å². The molecule has 0 unspecified atom stereocenters. The van der Waals surface area contributed by atoms with Crippen molar-refractivity contribution in [3.8, 4) is 5.75 Å². The summed E-state index contributed by atoms with van der Waals surface area (Å²) in [5, 5.41) is 23.7. The maximum atomic E-state index is 12.7. The minimum Gasteiger partial charge on any atom is -0.744 e. The van der Waals surface area contributed by atoms with Crippen molar-refractivity contribution in [2.75, 3.05) is 0 Å². The Balaban J connectivity index is 0.00000160. The molecule has 144 valence electrons. The Morgan fingerprint density at radius 3 is 2.53 bits per heavy atom. The maximum Gasteiger partial charge on any atom is 1.00 e. The Labute approximate surface area is 218 Å². The predicted molar refractivity (Wildman–Crippen MR) is 92.9 cm³/mol. The number of benzene rings is 2. The van der Waals surface area contributed by atoms with Crippen LogP contribution in [0.25, 0.3) is 10.9 Å². The number of Topliss-reactive ketones (excluding diaryl/α,β-unsaturated/α-hetero) is 1. The van der Waals surface area contributed by atoms with Crippen LogP contribution in [0.15, 0.2) is 51.2 Å². The molecule has 0 atom stereocenters. The Kier molecular flexibility index (Phi) is 8.35. The summed E-state index contributed by atoms with van der Waals surface area (Å²) in [6.07, 6.45) is 0. The number of hydrogen-bond donors (Lipinski definition) is 2. The normalized spacial score (nSPS) is 12.9. The third-order valence-electron chi connectivity index (χ3n) is 4.09. The molecule has 0 saturated carbocycles. The minimum absolute atomic E-state index is 0. The fourth-order valence-corrected chi connectivity index (χ4v) is 3.74. The molecule has 30 heavy (non-hydrogen) atoms. The zero-order valence-electron chi connectivity index (χ0n) is 15.5. The van der Waals surface area contributed by atoms with Gasteiger partial charge in [0.05, 0.1) is 28.2 Å². The van der Waals surface area contributed by atoms with Crippen LogP contribution < -0.4 is 64.4 Å². The molecular weight excluding hydrogens is 458 g/mol. The number of aromatic amines is 1. The molecule has 0 aliphatic carbocycles. The summed E-state index contributed by atoms with van der Waals surface area (Å²) < 4.78 is 37.8. The number of nitrogens with one attached hydrogen (secondary N) is 1. The maximum absolute atomic E-state index is 12.7. The van der Waals surface area contributed by atoms with Crippen molar-refractivity contribution in [3.05, 3.63) is 47.7 Å². The van der Waals surface area contributed by atoms with Gasteiger partial charge in [-0.15, -0.1) is 0 Å². The molecule has 0 radical (unpaired) electrons. The number of carbonyl (C=O) groups is 1. The number of carbonyl (C=O) groups excluding carboxylic acids is 1. The molecule has 2 aromatic carbocycles. The van der Waals surface area contributed by atoms with Gasteiger partial charge in [0.1, 0.15) is 21.5 Å². The molecule has 0 bridgehead atoms. The summed E-state index contributed by atoms with van der Waals surface area (Å²) in [5.41, 5.74) is 0.788. The predicted octanol–water partition coefficient (Wildman–Crippen LogP) is -4.67. The van der Waals surface area contributed by atoms with Crippen molar-refractivity contribution in [2.45, 2.75) is 9.79 Å². The molecule has 0 spiro atoms. The first-order valence-electron chi connectivity index (χ1n) is 7.51. The van der Waals surface area contributed by atoms with Crippen molar-refractivity contribution in [1.82, 2.24) is 4.98 Å². The summed E-state index contributed by atoms with van der Waals surface area (Å²) in [6.45, 7) is 0. The van der Waals surface area contributed by atoms with E-state index >= 15 is 0 Å². The minimum atomic E-state index is -4.71. The van der Waals surface area contributed by atoms with Gasteiger partial charge in [0, 0.05) is 15.8 Å². The quantitative estimate of drug-likeness (QED) is 0.124. The summed E-state index contributed by atoms with van der Waals surface area (Å²) in [5.74, 6) is -0.905. The zero-order valence-corrected chi connectivity index (χ0v) is 21.2. The molecule has 14 heteroatoms. The van der Waals surface area contributed by atoms with Crippen LogP contribution in [0, 0.1) is 0 Å². The van der Waals surface area contributed by atoms with Crippen LogP contribution in [0.3, 0.4) is 0 Å². The number of aliphatic imine (C=N–C) groups is 1. The molecule has 1 aliphatic rings. The average Bonchev–Trinajstić information content (AvgIpc) is 3.16. The summed E-state index contributed by atoms with van der Waals surface area (Å²) in [7, 11) is -4.71. The number of rotatable bonds is 5. The Bertz CT molecular complexity index is 1270. The van der Waals surface area contributed by atoms with Gasteiger partial charge in [-0.2, -0.15) is 4.33 Å². The number of nitrogens with zero attached hydrogens (tertiary/aromatic N) is 1. The first-order valence-corrected chi connectivity index (χ1v) is 9.66. The van der Waals surface area contributed by atoms with Crippen molar-refractivity contribution in [2.24, 2.45) is 4.99 Å².